The van der Waals surface area contributed by atoms with Crippen molar-refractivity contribution in [3.8, 4) is 5.75 Å². The molecule has 1 atom stereocenters. The molecule has 4 nitrogen and oxygen atoms in total. The number of aromatic nitrogens is 2. The Morgan fingerprint density at radius 2 is 2.26 bits per heavy atom. The summed E-state index contributed by atoms with van der Waals surface area (Å²) in [6, 6.07) is 4.47. The normalized spacial score (nSPS) is 12.4. The maximum Gasteiger partial charge on any atom is 0.165 e. The zero-order valence-electron chi connectivity index (χ0n) is 11.0. The van der Waals surface area contributed by atoms with Crippen molar-refractivity contribution in [2.75, 3.05) is 0 Å². The van der Waals surface area contributed by atoms with Crippen molar-refractivity contribution in [1.82, 2.24) is 9.55 Å². The van der Waals surface area contributed by atoms with Crippen molar-refractivity contribution < 1.29 is 14.2 Å². The summed E-state index contributed by atoms with van der Waals surface area (Å²) >= 11 is 0. The average molecular weight is 264 g/mol. The first-order chi connectivity index (χ1) is 9.11. The molecule has 0 fully saturated rings. The molecule has 0 amide bonds. The van der Waals surface area contributed by atoms with E-state index in [4.69, 9.17) is 4.74 Å². The van der Waals surface area contributed by atoms with E-state index in [0.29, 0.717) is 5.56 Å². The van der Waals surface area contributed by atoms with Crippen LogP contribution in [-0.2, 0) is 13.2 Å². The Kier molecular flexibility index (Phi) is 4.16. The van der Waals surface area contributed by atoms with Crippen LogP contribution in [0.5, 0.6) is 5.75 Å². The third-order valence-corrected chi connectivity index (χ3v) is 2.95. The van der Waals surface area contributed by atoms with Crippen LogP contribution in [0.1, 0.15) is 31.2 Å². The lowest BCUT2D eigenvalue weighted by Crippen LogP contribution is -2.05. The van der Waals surface area contributed by atoms with E-state index < -0.39 is 11.9 Å². The molecular weight excluding hydrogens is 247 g/mol. The molecule has 0 spiro atoms. The molecule has 2 aromatic rings. The van der Waals surface area contributed by atoms with Gasteiger partial charge in [-0.05, 0) is 31.5 Å². The number of hydrogen-bond acceptors (Lipinski definition) is 3. The highest BCUT2D eigenvalue weighted by Gasteiger charge is 2.09. The van der Waals surface area contributed by atoms with E-state index in [9.17, 15) is 9.50 Å². The van der Waals surface area contributed by atoms with E-state index in [0.717, 1.165) is 12.2 Å². The van der Waals surface area contributed by atoms with Crippen molar-refractivity contribution in [1.29, 1.82) is 0 Å². The highest BCUT2D eigenvalue weighted by atomic mass is 19.1. The molecule has 19 heavy (non-hydrogen) atoms. The van der Waals surface area contributed by atoms with Crippen LogP contribution in [0.25, 0.3) is 0 Å². The number of aliphatic hydroxyl groups is 1. The third-order valence-electron chi connectivity index (χ3n) is 2.95. The number of halogens is 1. The second-order valence-electron chi connectivity index (χ2n) is 4.33. The van der Waals surface area contributed by atoms with Crippen LogP contribution >= 0.6 is 0 Å². The summed E-state index contributed by atoms with van der Waals surface area (Å²) < 4.78 is 21.1. The first-order valence-electron chi connectivity index (χ1n) is 6.21. The van der Waals surface area contributed by atoms with E-state index in [2.05, 4.69) is 4.98 Å². The summed E-state index contributed by atoms with van der Waals surface area (Å²) in [5, 5.41) is 9.37. The highest BCUT2D eigenvalue weighted by molar-refractivity contribution is 5.30. The Balaban J connectivity index is 2.08. The average Bonchev–Trinajstić information content (AvgIpc) is 2.84. The first-order valence-corrected chi connectivity index (χ1v) is 6.21. The van der Waals surface area contributed by atoms with Crippen LogP contribution in [0.3, 0.4) is 0 Å². The molecule has 0 aliphatic rings. The third kappa shape index (κ3) is 3.12. The summed E-state index contributed by atoms with van der Waals surface area (Å²) in [7, 11) is 0. The predicted octanol–water partition coefficient (Wildman–Crippen LogP) is 2.67. The maximum atomic E-state index is 13.8. The molecule has 0 saturated carbocycles. The van der Waals surface area contributed by atoms with Crippen molar-refractivity contribution >= 4 is 0 Å². The van der Waals surface area contributed by atoms with E-state index in [1.54, 1.807) is 25.5 Å². The lowest BCUT2D eigenvalue weighted by Gasteiger charge is -2.10. The summed E-state index contributed by atoms with van der Waals surface area (Å²) in [5.41, 5.74) is 1.42. The standard InChI is InChI=1S/C14H17FN2O2/c1-3-17-9-16-7-12(17)8-19-14-5-4-11(10(2)18)6-13(14)15/h4-7,9-10,18H,3,8H2,1-2H3. The van der Waals surface area contributed by atoms with Gasteiger partial charge in [-0.1, -0.05) is 6.07 Å². The van der Waals surface area contributed by atoms with Gasteiger partial charge in [0.05, 0.1) is 24.3 Å². The Bertz CT molecular complexity index is 552. The van der Waals surface area contributed by atoms with Crippen LogP contribution in [0.4, 0.5) is 4.39 Å². The van der Waals surface area contributed by atoms with Crippen LogP contribution in [0.15, 0.2) is 30.7 Å². The fraction of sp³-hybridized carbons (Fsp3) is 0.357. The molecule has 2 rings (SSSR count). The molecule has 0 aliphatic heterocycles. The summed E-state index contributed by atoms with van der Waals surface area (Å²) in [4.78, 5) is 4.02. The minimum atomic E-state index is -0.690. The van der Waals surface area contributed by atoms with Crippen molar-refractivity contribution in [3.05, 3.63) is 47.8 Å². The second-order valence-corrected chi connectivity index (χ2v) is 4.33. The number of rotatable bonds is 5. The lowest BCUT2D eigenvalue weighted by atomic mass is 10.1. The number of imidazole rings is 1. The Hall–Kier alpha value is -1.88. The molecule has 0 bridgehead atoms. The van der Waals surface area contributed by atoms with Crippen LogP contribution in [0.2, 0.25) is 0 Å². The fourth-order valence-electron chi connectivity index (χ4n) is 1.80. The van der Waals surface area contributed by atoms with Crippen LogP contribution in [-0.4, -0.2) is 14.7 Å². The van der Waals surface area contributed by atoms with Gasteiger partial charge in [0.1, 0.15) is 6.61 Å². The highest BCUT2D eigenvalue weighted by Crippen LogP contribution is 2.22. The van der Waals surface area contributed by atoms with E-state index in [1.807, 2.05) is 11.5 Å². The van der Waals surface area contributed by atoms with E-state index in [-0.39, 0.29) is 12.4 Å². The van der Waals surface area contributed by atoms with Gasteiger partial charge < -0.3 is 14.4 Å². The molecule has 0 aliphatic carbocycles. The first kappa shape index (κ1) is 13.5. The van der Waals surface area contributed by atoms with E-state index in [1.165, 1.54) is 12.1 Å². The minimum Gasteiger partial charge on any atom is -0.484 e. The van der Waals surface area contributed by atoms with Crippen LogP contribution < -0.4 is 4.74 Å². The molecule has 1 N–H and O–H groups in total. The number of nitrogens with zero attached hydrogens (tertiary/aromatic N) is 2. The molecule has 5 heteroatoms. The van der Waals surface area contributed by atoms with Crippen molar-refractivity contribution in [2.24, 2.45) is 0 Å². The number of ether oxygens (including phenoxy) is 1. The Morgan fingerprint density at radius 1 is 1.47 bits per heavy atom. The molecule has 1 unspecified atom stereocenters. The summed E-state index contributed by atoms with van der Waals surface area (Å²) in [6.07, 6.45) is 2.72. The number of aliphatic hydroxyl groups excluding tert-OH is 1. The number of hydrogen-bond donors (Lipinski definition) is 1. The molecule has 0 radical (unpaired) electrons. The van der Waals surface area contributed by atoms with Gasteiger partial charge in [0.15, 0.2) is 11.6 Å². The van der Waals surface area contributed by atoms with Gasteiger partial charge >= 0.3 is 0 Å². The molecule has 1 aromatic heterocycles. The van der Waals surface area contributed by atoms with Crippen molar-refractivity contribution in [3.63, 3.8) is 0 Å². The largest absolute Gasteiger partial charge is 0.484 e. The molecule has 1 aromatic carbocycles. The van der Waals surface area contributed by atoms with Crippen molar-refractivity contribution in [2.45, 2.75) is 33.1 Å². The number of aryl methyl sites for hydroxylation is 1. The summed E-state index contributed by atoms with van der Waals surface area (Å²) in [5.74, 6) is -0.297. The van der Waals surface area contributed by atoms with Gasteiger partial charge in [0.2, 0.25) is 0 Å². The smallest absolute Gasteiger partial charge is 0.165 e. The van der Waals surface area contributed by atoms with Gasteiger partial charge in [0, 0.05) is 6.54 Å². The number of benzene rings is 1. The topological polar surface area (TPSA) is 47.3 Å². The monoisotopic (exact) mass is 264 g/mol. The predicted molar refractivity (Wildman–Crippen MR) is 69.3 cm³/mol. The van der Waals surface area contributed by atoms with Gasteiger partial charge in [-0.3, -0.25) is 0 Å². The second kappa shape index (κ2) is 5.84. The minimum absolute atomic E-state index is 0.174. The lowest BCUT2D eigenvalue weighted by molar-refractivity contribution is 0.198. The molecule has 1 heterocycles. The molecule has 102 valence electrons. The van der Waals surface area contributed by atoms with E-state index >= 15 is 0 Å². The zero-order valence-corrected chi connectivity index (χ0v) is 11.0. The maximum absolute atomic E-state index is 13.8. The van der Waals surface area contributed by atoms with Gasteiger partial charge in [-0.25, -0.2) is 9.37 Å². The zero-order chi connectivity index (χ0) is 13.8. The quantitative estimate of drug-likeness (QED) is 0.903. The van der Waals surface area contributed by atoms with Gasteiger partial charge in [0.25, 0.3) is 0 Å². The Labute approximate surface area is 111 Å². The Morgan fingerprint density at radius 3 is 2.89 bits per heavy atom. The molecular formula is C14H17FN2O2. The SMILES string of the molecule is CCn1cncc1COc1ccc(C(C)O)cc1F. The van der Waals surface area contributed by atoms with Gasteiger partial charge in [-0.15, -0.1) is 0 Å². The fourth-order valence-corrected chi connectivity index (χ4v) is 1.80. The van der Waals surface area contributed by atoms with Gasteiger partial charge in [-0.2, -0.15) is 0 Å². The molecule has 0 saturated heterocycles. The summed E-state index contributed by atoms with van der Waals surface area (Å²) in [6.45, 7) is 4.65. The van der Waals surface area contributed by atoms with Crippen LogP contribution in [0, 0.1) is 5.82 Å².